The number of aryl methyl sites for hydroxylation is 2. The molecule has 0 aliphatic carbocycles. The topological polar surface area (TPSA) is 117 Å². The Bertz CT molecular complexity index is 1260. The zero-order chi connectivity index (χ0) is 27.1. The lowest BCUT2D eigenvalue weighted by atomic mass is 10.1. The van der Waals surface area contributed by atoms with Gasteiger partial charge in [-0.2, -0.15) is 5.10 Å². The quantitative estimate of drug-likeness (QED) is 0.408. The number of rotatable bonds is 11. The smallest absolute Gasteiger partial charge is 0.253 e. The van der Waals surface area contributed by atoms with Gasteiger partial charge >= 0.3 is 0 Å². The second-order valence-corrected chi connectivity index (χ2v) is 9.16. The number of hydrogen-bond acceptors (Lipinski definition) is 8. The molecule has 2 atom stereocenters. The maximum absolute atomic E-state index is 12.7. The number of pyridine rings is 1. The molecule has 11 heteroatoms. The van der Waals surface area contributed by atoms with Crippen molar-refractivity contribution in [3.63, 3.8) is 0 Å². The second-order valence-electron chi connectivity index (χ2n) is 9.16. The third kappa shape index (κ3) is 7.22. The van der Waals surface area contributed by atoms with Crippen LogP contribution in [0.2, 0.25) is 0 Å². The van der Waals surface area contributed by atoms with E-state index in [4.69, 9.17) is 18.9 Å². The number of benzene rings is 1. The second kappa shape index (κ2) is 12.4. The molecular weight excluding hydrogens is 490 g/mol. The monoisotopic (exact) mass is 523 g/mol. The van der Waals surface area contributed by atoms with Crippen LogP contribution in [0.1, 0.15) is 17.5 Å². The predicted octanol–water partition coefficient (Wildman–Crippen LogP) is 2.62. The first-order chi connectivity index (χ1) is 18.3. The molecule has 2 aromatic heterocycles. The van der Waals surface area contributed by atoms with Crippen LogP contribution in [0.25, 0.3) is 0 Å². The van der Waals surface area contributed by atoms with Crippen molar-refractivity contribution >= 4 is 17.5 Å². The van der Waals surface area contributed by atoms with Crippen LogP contribution in [0.5, 0.6) is 17.4 Å². The van der Waals surface area contributed by atoms with Gasteiger partial charge in [-0.1, -0.05) is 6.07 Å². The minimum absolute atomic E-state index is 0.0429. The van der Waals surface area contributed by atoms with Gasteiger partial charge in [-0.25, -0.2) is 4.98 Å². The standard InChI is InChI=1S/C27H33N5O6/c1-18-5-6-21(11-19(18)2)36-10-9-31(3)26(33)16-32-15-20(14-29-32)30-27(34)24-12-23(17-37-24)38-22-7-8-28-25(13-22)35-4/h5-8,11,13-15,23-24H,9-10,12,16-17H2,1-4H3,(H,30,34)/t23-,24+/m0/s1. The average molecular weight is 524 g/mol. The maximum atomic E-state index is 12.7. The summed E-state index contributed by atoms with van der Waals surface area (Å²) in [4.78, 5) is 30.9. The van der Waals surface area contributed by atoms with Gasteiger partial charge < -0.3 is 29.2 Å². The lowest BCUT2D eigenvalue weighted by Gasteiger charge is -2.17. The normalized spacial score (nSPS) is 16.6. The number of nitrogens with zero attached hydrogens (tertiary/aromatic N) is 4. The lowest BCUT2D eigenvalue weighted by molar-refractivity contribution is -0.131. The minimum Gasteiger partial charge on any atom is -0.492 e. The van der Waals surface area contributed by atoms with Crippen LogP contribution in [-0.4, -0.2) is 77.6 Å². The summed E-state index contributed by atoms with van der Waals surface area (Å²) in [5.74, 6) is 1.40. The summed E-state index contributed by atoms with van der Waals surface area (Å²) in [5, 5.41) is 6.98. The molecule has 1 fully saturated rings. The van der Waals surface area contributed by atoms with E-state index < -0.39 is 6.10 Å². The van der Waals surface area contributed by atoms with Gasteiger partial charge in [0.2, 0.25) is 11.8 Å². The number of carbonyl (C=O) groups excluding carboxylic acids is 2. The SMILES string of the molecule is COc1cc(O[C@@H]2CO[C@@H](C(=O)Nc3cnn(CC(=O)N(C)CCOc4ccc(C)c(C)c4)c3)C2)ccn1. The van der Waals surface area contributed by atoms with Crippen LogP contribution in [0, 0.1) is 13.8 Å². The Morgan fingerprint density at radius 1 is 1.18 bits per heavy atom. The highest BCUT2D eigenvalue weighted by Gasteiger charge is 2.32. The van der Waals surface area contributed by atoms with Gasteiger partial charge in [-0.15, -0.1) is 0 Å². The Morgan fingerprint density at radius 2 is 2.03 bits per heavy atom. The molecule has 1 aliphatic rings. The van der Waals surface area contributed by atoms with Crippen molar-refractivity contribution in [1.29, 1.82) is 0 Å². The molecule has 0 bridgehead atoms. The molecule has 0 saturated carbocycles. The summed E-state index contributed by atoms with van der Waals surface area (Å²) in [5.41, 5.74) is 2.85. The number of amides is 2. The van der Waals surface area contributed by atoms with E-state index in [1.165, 1.54) is 23.6 Å². The van der Waals surface area contributed by atoms with Crippen molar-refractivity contribution in [3.05, 3.63) is 60.0 Å². The van der Waals surface area contributed by atoms with Crippen LogP contribution >= 0.6 is 0 Å². The van der Waals surface area contributed by atoms with Gasteiger partial charge in [0.25, 0.3) is 5.91 Å². The minimum atomic E-state index is -0.655. The molecule has 1 aromatic carbocycles. The van der Waals surface area contributed by atoms with Crippen LogP contribution < -0.4 is 19.5 Å². The molecule has 3 heterocycles. The van der Waals surface area contributed by atoms with Crippen LogP contribution in [-0.2, 0) is 20.9 Å². The fourth-order valence-electron chi connectivity index (χ4n) is 3.86. The Morgan fingerprint density at radius 3 is 2.82 bits per heavy atom. The van der Waals surface area contributed by atoms with Crippen molar-refractivity contribution in [2.45, 2.75) is 39.0 Å². The number of ether oxygens (including phenoxy) is 4. The molecule has 0 radical (unpaired) electrons. The van der Waals surface area contributed by atoms with E-state index in [1.54, 1.807) is 36.5 Å². The first-order valence-corrected chi connectivity index (χ1v) is 12.4. The summed E-state index contributed by atoms with van der Waals surface area (Å²) in [7, 11) is 3.25. The van der Waals surface area contributed by atoms with Gasteiger partial charge in [-0.05, 0) is 43.2 Å². The molecule has 0 unspecified atom stereocenters. The van der Waals surface area contributed by atoms with Crippen molar-refractivity contribution < 1.29 is 28.5 Å². The predicted molar refractivity (Wildman–Crippen MR) is 139 cm³/mol. The highest BCUT2D eigenvalue weighted by molar-refractivity contribution is 5.94. The zero-order valence-electron chi connectivity index (χ0n) is 22.0. The van der Waals surface area contributed by atoms with Crippen LogP contribution in [0.4, 0.5) is 5.69 Å². The molecular formula is C27H33N5O6. The Kier molecular flexibility index (Phi) is 8.80. The molecule has 11 nitrogen and oxygen atoms in total. The summed E-state index contributed by atoms with van der Waals surface area (Å²) in [6, 6.07) is 9.32. The Hall–Kier alpha value is -4.12. The molecule has 3 aromatic rings. The summed E-state index contributed by atoms with van der Waals surface area (Å²) >= 11 is 0. The van der Waals surface area contributed by atoms with Crippen molar-refractivity contribution in [3.8, 4) is 17.4 Å². The molecule has 2 amide bonds. The number of aromatic nitrogens is 3. The van der Waals surface area contributed by atoms with Gasteiger partial charge in [0.05, 0.1) is 32.1 Å². The largest absolute Gasteiger partial charge is 0.492 e. The summed E-state index contributed by atoms with van der Waals surface area (Å²) in [6.07, 6.45) is 4.18. The molecule has 4 rings (SSSR count). The lowest BCUT2D eigenvalue weighted by Crippen LogP contribution is -2.33. The van der Waals surface area contributed by atoms with E-state index in [-0.39, 0.29) is 31.1 Å². The molecule has 38 heavy (non-hydrogen) atoms. The van der Waals surface area contributed by atoms with Gasteiger partial charge in [0.1, 0.15) is 36.9 Å². The number of carbonyl (C=O) groups is 2. The van der Waals surface area contributed by atoms with E-state index in [2.05, 4.69) is 15.4 Å². The number of nitrogens with one attached hydrogen (secondary N) is 1. The highest BCUT2D eigenvalue weighted by atomic mass is 16.6. The number of hydrogen-bond donors (Lipinski definition) is 1. The molecule has 1 aliphatic heterocycles. The maximum Gasteiger partial charge on any atom is 0.253 e. The highest BCUT2D eigenvalue weighted by Crippen LogP contribution is 2.23. The summed E-state index contributed by atoms with van der Waals surface area (Å²) in [6.45, 7) is 5.23. The summed E-state index contributed by atoms with van der Waals surface area (Å²) < 4.78 is 23.9. The first-order valence-electron chi connectivity index (χ1n) is 12.4. The van der Waals surface area contributed by atoms with E-state index in [0.29, 0.717) is 36.9 Å². The van der Waals surface area contributed by atoms with Crippen molar-refractivity contribution in [2.75, 3.05) is 39.2 Å². The van der Waals surface area contributed by atoms with Gasteiger partial charge in [0, 0.05) is 31.9 Å². The number of anilines is 1. The Labute approximate surface area is 221 Å². The van der Waals surface area contributed by atoms with Crippen molar-refractivity contribution in [2.24, 2.45) is 0 Å². The van der Waals surface area contributed by atoms with E-state index in [0.717, 1.165) is 11.3 Å². The van der Waals surface area contributed by atoms with Crippen LogP contribution in [0.3, 0.4) is 0 Å². The average Bonchev–Trinajstić information content (AvgIpc) is 3.55. The van der Waals surface area contributed by atoms with Crippen LogP contribution in [0.15, 0.2) is 48.9 Å². The molecule has 1 N–H and O–H groups in total. The van der Waals surface area contributed by atoms with Crippen molar-refractivity contribution in [1.82, 2.24) is 19.7 Å². The first kappa shape index (κ1) is 26.9. The van der Waals surface area contributed by atoms with Gasteiger partial charge in [-0.3, -0.25) is 14.3 Å². The fourth-order valence-corrected chi connectivity index (χ4v) is 3.86. The zero-order valence-corrected chi connectivity index (χ0v) is 22.0. The van der Waals surface area contributed by atoms with E-state index in [1.807, 2.05) is 32.0 Å². The van der Waals surface area contributed by atoms with E-state index >= 15 is 0 Å². The Balaban J connectivity index is 1.19. The molecule has 0 spiro atoms. The third-order valence-electron chi connectivity index (χ3n) is 6.27. The third-order valence-corrected chi connectivity index (χ3v) is 6.27. The number of methoxy groups -OCH3 is 1. The van der Waals surface area contributed by atoms with Gasteiger partial charge in [0.15, 0.2) is 0 Å². The molecule has 1 saturated heterocycles. The van der Waals surface area contributed by atoms with E-state index in [9.17, 15) is 9.59 Å². The molecule has 202 valence electrons. The number of likely N-dealkylation sites (N-methyl/N-ethyl adjacent to an activating group) is 1. The fraction of sp³-hybridized carbons (Fsp3) is 0.407.